The summed E-state index contributed by atoms with van der Waals surface area (Å²) < 4.78 is 13.5. The van der Waals surface area contributed by atoms with Gasteiger partial charge in [0, 0.05) is 17.3 Å². The van der Waals surface area contributed by atoms with E-state index in [-0.39, 0.29) is 18.3 Å². The van der Waals surface area contributed by atoms with Gasteiger partial charge in [-0.25, -0.2) is 0 Å². The predicted molar refractivity (Wildman–Crippen MR) is 132 cm³/mol. The summed E-state index contributed by atoms with van der Waals surface area (Å²) in [4.78, 5) is 12.4. The van der Waals surface area contributed by atoms with Crippen molar-refractivity contribution in [1.82, 2.24) is 14.8 Å². The lowest BCUT2D eigenvalue weighted by molar-refractivity contribution is -0.113. The van der Waals surface area contributed by atoms with E-state index in [1.54, 1.807) is 12.1 Å². The number of rotatable bonds is 11. The van der Waals surface area contributed by atoms with Gasteiger partial charge in [-0.15, -0.1) is 16.8 Å². The van der Waals surface area contributed by atoms with E-state index in [1.165, 1.54) is 11.8 Å². The van der Waals surface area contributed by atoms with Crippen molar-refractivity contribution in [1.29, 1.82) is 0 Å². The molecule has 174 valence electrons. The summed E-state index contributed by atoms with van der Waals surface area (Å²) in [5.41, 5.74) is 2.70. The summed E-state index contributed by atoms with van der Waals surface area (Å²) in [7, 11) is 0. The molecule has 0 bridgehead atoms. The quantitative estimate of drug-likeness (QED) is 0.287. The molecule has 0 atom stereocenters. The maximum absolute atomic E-state index is 12.4. The zero-order chi connectivity index (χ0) is 23.8. The normalized spacial score (nSPS) is 10.7. The molecule has 3 aromatic rings. The first-order valence-electron chi connectivity index (χ1n) is 10.5. The van der Waals surface area contributed by atoms with Crippen molar-refractivity contribution >= 4 is 35.0 Å². The highest BCUT2D eigenvalue weighted by Gasteiger charge is 2.15. The van der Waals surface area contributed by atoms with Gasteiger partial charge in [-0.2, -0.15) is 0 Å². The number of hydrogen-bond donors (Lipinski definition) is 1. The molecule has 1 heterocycles. The third-order valence-electron chi connectivity index (χ3n) is 4.65. The molecule has 0 saturated heterocycles. The molecule has 1 amide bonds. The molecule has 0 aliphatic carbocycles. The lowest BCUT2D eigenvalue weighted by Gasteiger charge is -2.13. The largest absolute Gasteiger partial charge is 0.490 e. The smallest absolute Gasteiger partial charge is 0.234 e. The Morgan fingerprint density at radius 1 is 1.18 bits per heavy atom. The number of aromatic nitrogens is 3. The summed E-state index contributed by atoms with van der Waals surface area (Å²) in [5.74, 6) is 1.97. The number of amides is 1. The van der Waals surface area contributed by atoms with Crippen LogP contribution in [0.5, 0.6) is 11.5 Å². The number of benzene rings is 2. The third-order valence-corrected chi connectivity index (χ3v) is 6.02. The van der Waals surface area contributed by atoms with Gasteiger partial charge in [0.25, 0.3) is 0 Å². The first-order chi connectivity index (χ1) is 15.9. The van der Waals surface area contributed by atoms with Crippen LogP contribution >= 0.6 is 23.4 Å². The van der Waals surface area contributed by atoms with Gasteiger partial charge >= 0.3 is 0 Å². The van der Waals surface area contributed by atoms with E-state index < -0.39 is 0 Å². The highest BCUT2D eigenvalue weighted by atomic mass is 35.5. The van der Waals surface area contributed by atoms with E-state index in [1.807, 2.05) is 55.7 Å². The standard InChI is InChI=1S/C24H27ClN4O3S/c1-5-11-29-22(14-32-20-10-7-16(3)12-21(20)31-6-2)27-28-24(29)33-15-23(30)26-18-9-8-17(4)19(25)13-18/h5,7-10,12-13H,1,6,11,14-15H2,2-4H3,(H,26,30). The first kappa shape index (κ1) is 24.7. The van der Waals surface area contributed by atoms with Crippen molar-refractivity contribution < 1.29 is 14.3 Å². The number of hydrogen-bond acceptors (Lipinski definition) is 6. The van der Waals surface area contributed by atoms with Crippen LogP contribution in [-0.4, -0.2) is 33.0 Å². The summed E-state index contributed by atoms with van der Waals surface area (Å²) in [6.45, 7) is 10.9. The maximum atomic E-state index is 12.4. The van der Waals surface area contributed by atoms with E-state index in [0.717, 1.165) is 11.1 Å². The fourth-order valence-electron chi connectivity index (χ4n) is 2.99. The fraction of sp³-hybridized carbons (Fsp3) is 0.292. The van der Waals surface area contributed by atoms with Gasteiger partial charge in [-0.1, -0.05) is 41.6 Å². The van der Waals surface area contributed by atoms with Crippen LogP contribution in [0.25, 0.3) is 0 Å². The van der Waals surface area contributed by atoms with Crippen LogP contribution in [0, 0.1) is 13.8 Å². The molecule has 1 aromatic heterocycles. The van der Waals surface area contributed by atoms with Crippen LogP contribution in [0.15, 0.2) is 54.2 Å². The van der Waals surface area contributed by atoms with E-state index in [2.05, 4.69) is 22.1 Å². The lowest BCUT2D eigenvalue weighted by atomic mass is 10.2. The molecule has 2 aromatic carbocycles. The second-order valence-electron chi connectivity index (χ2n) is 7.27. The second-order valence-corrected chi connectivity index (χ2v) is 8.62. The summed E-state index contributed by atoms with van der Waals surface area (Å²) in [6, 6.07) is 11.2. The molecule has 0 unspecified atom stereocenters. The third kappa shape index (κ3) is 6.76. The summed E-state index contributed by atoms with van der Waals surface area (Å²) in [5, 5.41) is 12.6. The number of allylic oxidation sites excluding steroid dienone is 1. The topological polar surface area (TPSA) is 78.3 Å². The zero-order valence-corrected chi connectivity index (χ0v) is 20.5. The number of nitrogens with one attached hydrogen (secondary N) is 1. The number of nitrogens with zero attached hydrogens (tertiary/aromatic N) is 3. The number of ether oxygens (including phenoxy) is 2. The Kier molecular flexibility index (Phi) is 8.79. The SMILES string of the molecule is C=CCn1c(COc2ccc(C)cc2OCC)nnc1SCC(=O)Nc1ccc(C)c(Cl)c1. The monoisotopic (exact) mass is 486 g/mol. The average molecular weight is 487 g/mol. The van der Waals surface area contributed by atoms with Crippen molar-refractivity contribution in [2.75, 3.05) is 17.7 Å². The highest BCUT2D eigenvalue weighted by molar-refractivity contribution is 7.99. The molecule has 0 spiro atoms. The van der Waals surface area contributed by atoms with E-state index in [9.17, 15) is 4.79 Å². The van der Waals surface area contributed by atoms with Crippen molar-refractivity contribution in [3.05, 3.63) is 71.0 Å². The van der Waals surface area contributed by atoms with Gasteiger partial charge in [0.1, 0.15) is 6.61 Å². The molecule has 0 fully saturated rings. The van der Waals surface area contributed by atoms with Crippen LogP contribution in [0.2, 0.25) is 5.02 Å². The number of anilines is 1. The van der Waals surface area contributed by atoms with Crippen molar-refractivity contribution in [2.24, 2.45) is 0 Å². The van der Waals surface area contributed by atoms with Crippen LogP contribution in [0.3, 0.4) is 0 Å². The molecule has 0 aliphatic rings. The molecule has 0 aliphatic heterocycles. The van der Waals surface area contributed by atoms with Gasteiger partial charge in [0.15, 0.2) is 22.5 Å². The van der Waals surface area contributed by atoms with Crippen LogP contribution in [-0.2, 0) is 17.9 Å². The number of carbonyl (C=O) groups is 1. The minimum atomic E-state index is -0.160. The van der Waals surface area contributed by atoms with Gasteiger partial charge in [-0.3, -0.25) is 9.36 Å². The molecule has 1 N–H and O–H groups in total. The fourth-order valence-corrected chi connectivity index (χ4v) is 3.94. The molecule has 33 heavy (non-hydrogen) atoms. The van der Waals surface area contributed by atoms with Gasteiger partial charge in [-0.05, 0) is 56.2 Å². The van der Waals surface area contributed by atoms with Crippen LogP contribution in [0.1, 0.15) is 23.9 Å². The molecular formula is C24H27ClN4O3S. The van der Waals surface area contributed by atoms with Crippen molar-refractivity contribution in [3.63, 3.8) is 0 Å². The average Bonchev–Trinajstić information content (AvgIpc) is 3.16. The molecule has 9 heteroatoms. The molecular weight excluding hydrogens is 460 g/mol. The Morgan fingerprint density at radius 2 is 2.00 bits per heavy atom. The lowest BCUT2D eigenvalue weighted by Crippen LogP contribution is -2.15. The molecule has 0 saturated carbocycles. The Morgan fingerprint density at radius 3 is 2.73 bits per heavy atom. The molecule has 7 nitrogen and oxygen atoms in total. The Hall–Kier alpha value is -2.97. The van der Waals surface area contributed by atoms with Gasteiger partial charge in [0.05, 0.1) is 12.4 Å². The minimum Gasteiger partial charge on any atom is -0.490 e. The number of carbonyl (C=O) groups excluding carboxylic acids is 1. The van der Waals surface area contributed by atoms with Crippen molar-refractivity contribution in [2.45, 2.75) is 39.1 Å². The summed E-state index contributed by atoms with van der Waals surface area (Å²) >= 11 is 7.42. The number of halogens is 1. The molecule has 3 rings (SSSR count). The highest BCUT2D eigenvalue weighted by Crippen LogP contribution is 2.29. The number of thioether (sulfide) groups is 1. The summed E-state index contributed by atoms with van der Waals surface area (Å²) in [6.07, 6.45) is 1.75. The van der Waals surface area contributed by atoms with Crippen molar-refractivity contribution in [3.8, 4) is 11.5 Å². The van der Waals surface area contributed by atoms with Crippen LogP contribution < -0.4 is 14.8 Å². The van der Waals surface area contributed by atoms with Gasteiger partial charge in [0.2, 0.25) is 5.91 Å². The second kappa shape index (κ2) is 11.8. The predicted octanol–water partition coefficient (Wildman–Crippen LogP) is 5.44. The Balaban J connectivity index is 1.65. The first-order valence-corrected chi connectivity index (χ1v) is 11.9. The zero-order valence-electron chi connectivity index (χ0n) is 18.9. The van der Waals surface area contributed by atoms with E-state index in [0.29, 0.717) is 46.3 Å². The van der Waals surface area contributed by atoms with Gasteiger partial charge < -0.3 is 14.8 Å². The van der Waals surface area contributed by atoms with E-state index >= 15 is 0 Å². The Bertz CT molecular complexity index is 1130. The number of aryl methyl sites for hydroxylation is 2. The maximum Gasteiger partial charge on any atom is 0.234 e. The van der Waals surface area contributed by atoms with Crippen LogP contribution in [0.4, 0.5) is 5.69 Å². The minimum absolute atomic E-state index is 0.160. The van der Waals surface area contributed by atoms with E-state index in [4.69, 9.17) is 21.1 Å². The molecule has 0 radical (unpaired) electrons. The Labute approximate surface area is 203 Å².